The van der Waals surface area contributed by atoms with Crippen LogP contribution in [0, 0.1) is 26.4 Å². The fourth-order valence-electron chi connectivity index (χ4n) is 8.50. The number of fused-ring (bicyclic) bond motifs is 7. The van der Waals surface area contributed by atoms with E-state index in [1.807, 2.05) is 41.5 Å². The summed E-state index contributed by atoms with van der Waals surface area (Å²) in [4.78, 5) is 54.8. The van der Waals surface area contributed by atoms with Crippen LogP contribution in [-0.4, -0.2) is 46.8 Å². The number of carbonyl (C=O) groups is 4. The Labute approximate surface area is 266 Å². The molecule has 4 fully saturated rings. The van der Waals surface area contributed by atoms with E-state index in [1.54, 1.807) is 38.1 Å². The Hall–Kier alpha value is -3.47. The minimum absolute atomic E-state index is 0.194. The van der Waals surface area contributed by atoms with E-state index in [0.717, 1.165) is 0 Å². The highest BCUT2D eigenvalue weighted by molar-refractivity contribution is 7.71. The van der Waals surface area contributed by atoms with E-state index in [1.165, 1.54) is 0 Å². The molecule has 0 unspecified atom stereocenters. The van der Waals surface area contributed by atoms with Crippen LogP contribution in [-0.2, 0) is 38.1 Å². The number of benzene rings is 1. The van der Waals surface area contributed by atoms with E-state index in [9.17, 15) is 19.2 Å². The van der Waals surface area contributed by atoms with Gasteiger partial charge in [-0.15, -0.1) is 0 Å². The van der Waals surface area contributed by atoms with E-state index in [0.29, 0.717) is 41.5 Å². The van der Waals surface area contributed by atoms with Gasteiger partial charge in [-0.2, -0.15) is 0 Å². The molecule has 2 saturated carbocycles. The summed E-state index contributed by atoms with van der Waals surface area (Å²) in [6, 6.07) is 6.96. The van der Waals surface area contributed by atoms with Gasteiger partial charge in [0.25, 0.3) is 0 Å². The van der Waals surface area contributed by atoms with Gasteiger partial charge in [0, 0.05) is 16.2 Å². The first-order valence-corrected chi connectivity index (χ1v) is 15.8. The largest absolute Gasteiger partial charge is 0.483 e. The Morgan fingerprint density at radius 1 is 0.733 bits per heavy atom. The Bertz CT molecular complexity index is 1790. The minimum Gasteiger partial charge on any atom is -0.483 e. The van der Waals surface area contributed by atoms with Crippen molar-refractivity contribution in [2.75, 3.05) is 0 Å². The van der Waals surface area contributed by atoms with Crippen LogP contribution in [0.5, 0.6) is 5.75 Å². The highest BCUT2D eigenvalue weighted by atomic mass is 32.1. The molecule has 240 valence electrons. The van der Waals surface area contributed by atoms with Crippen LogP contribution in [0.25, 0.3) is 11.0 Å². The molecule has 0 N–H and O–H groups in total. The third-order valence-electron chi connectivity index (χ3n) is 12.7. The van der Waals surface area contributed by atoms with Crippen LogP contribution in [0.3, 0.4) is 0 Å². The van der Waals surface area contributed by atoms with Gasteiger partial charge in [0.1, 0.15) is 16.9 Å². The Balaban J connectivity index is 1.36. The average molecular weight is 639 g/mol. The van der Waals surface area contributed by atoms with Crippen molar-refractivity contribution in [2.24, 2.45) is 21.7 Å². The van der Waals surface area contributed by atoms with Crippen molar-refractivity contribution >= 4 is 47.1 Å². The van der Waals surface area contributed by atoms with Crippen molar-refractivity contribution in [3.63, 3.8) is 0 Å². The number of ether oxygens (including phenoxy) is 5. The van der Waals surface area contributed by atoms with E-state index in [-0.39, 0.29) is 11.1 Å². The van der Waals surface area contributed by atoms with Crippen LogP contribution < -0.4 is 4.74 Å². The molecule has 0 amide bonds. The summed E-state index contributed by atoms with van der Waals surface area (Å²) < 4.78 is 37.0. The van der Waals surface area contributed by atoms with Gasteiger partial charge in [-0.1, -0.05) is 27.7 Å². The van der Waals surface area contributed by atoms with Gasteiger partial charge in [-0.3, -0.25) is 9.59 Å². The molecule has 10 nitrogen and oxygen atoms in total. The molecule has 5 aliphatic rings. The second-order valence-electron chi connectivity index (χ2n) is 15.4. The van der Waals surface area contributed by atoms with E-state index in [2.05, 4.69) is 0 Å². The monoisotopic (exact) mass is 638 g/mol. The second-order valence-corrected chi connectivity index (χ2v) is 15.8. The summed E-state index contributed by atoms with van der Waals surface area (Å²) in [7, 11) is 0. The third-order valence-corrected chi connectivity index (χ3v) is 12.9. The predicted molar refractivity (Wildman–Crippen MR) is 160 cm³/mol. The molecule has 1 aromatic heterocycles. The normalized spacial score (nSPS) is 37.9. The van der Waals surface area contributed by atoms with Crippen molar-refractivity contribution in [1.82, 2.24) is 0 Å². The molecular weight excluding hydrogens is 600 g/mol. The minimum atomic E-state index is -1.55. The van der Waals surface area contributed by atoms with Crippen molar-refractivity contribution in [2.45, 2.75) is 110 Å². The quantitative estimate of drug-likeness (QED) is 0.220. The molecule has 0 spiro atoms. The summed E-state index contributed by atoms with van der Waals surface area (Å²) in [6.07, 6.45) is -0.984. The summed E-state index contributed by atoms with van der Waals surface area (Å²) in [5.41, 5.74) is -7.14. The molecule has 4 bridgehead atoms. The molecule has 45 heavy (non-hydrogen) atoms. The van der Waals surface area contributed by atoms with Crippen LogP contribution in [0.1, 0.15) is 92.7 Å². The number of rotatable bonds is 4. The standard InChI is InChI=1S/C34H38O10S/c1-28(2)23(41-27(38)34-16-14-32(8,25(36)44-34)30(34,5)6)22(20-18(42-28)11-9-17-10-12-19(45)39-21(17)20)40-26(37)33-15-13-31(7,24(35)43-33)29(33,3)4/h9-12,22-23H,13-16H2,1-8H3/t22-,23-,31-,32-,33+,34+/m1/s1. The van der Waals surface area contributed by atoms with E-state index < -0.39 is 74.5 Å². The Kier molecular flexibility index (Phi) is 5.81. The first-order valence-electron chi connectivity index (χ1n) is 15.4. The lowest BCUT2D eigenvalue weighted by molar-refractivity contribution is -0.217. The highest BCUT2D eigenvalue weighted by Crippen LogP contribution is 2.67. The summed E-state index contributed by atoms with van der Waals surface area (Å²) >= 11 is 5.35. The summed E-state index contributed by atoms with van der Waals surface area (Å²) in [6.45, 7) is 14.4. The first kappa shape index (κ1) is 30.2. The molecule has 1 aromatic carbocycles. The fraction of sp³-hybridized carbons (Fsp3) is 0.618. The maximum Gasteiger partial charge on any atom is 0.351 e. The van der Waals surface area contributed by atoms with E-state index >= 15 is 0 Å². The lowest BCUT2D eigenvalue weighted by Gasteiger charge is -2.45. The van der Waals surface area contributed by atoms with Crippen LogP contribution in [0.4, 0.5) is 0 Å². The molecule has 11 heteroatoms. The molecule has 6 atom stereocenters. The zero-order valence-corrected chi connectivity index (χ0v) is 27.6. The van der Waals surface area contributed by atoms with Crippen LogP contribution >= 0.6 is 12.2 Å². The molecule has 4 heterocycles. The van der Waals surface area contributed by atoms with Gasteiger partial charge in [0.15, 0.2) is 16.9 Å². The molecule has 0 radical (unpaired) electrons. The molecule has 3 aliphatic heterocycles. The number of carbonyl (C=O) groups excluding carboxylic acids is 4. The average Bonchev–Trinajstić information content (AvgIpc) is 3.42. The van der Waals surface area contributed by atoms with Crippen LogP contribution in [0.15, 0.2) is 28.7 Å². The van der Waals surface area contributed by atoms with Gasteiger partial charge < -0.3 is 28.1 Å². The second kappa shape index (κ2) is 8.66. The fourth-order valence-corrected chi connectivity index (χ4v) is 8.65. The van der Waals surface area contributed by atoms with Crippen molar-refractivity contribution < 1.29 is 47.3 Å². The summed E-state index contributed by atoms with van der Waals surface area (Å²) in [5.74, 6) is -2.02. The molecule has 2 aliphatic carbocycles. The first-order chi connectivity index (χ1) is 20.8. The highest BCUT2D eigenvalue weighted by Gasteiger charge is 2.78. The zero-order valence-electron chi connectivity index (χ0n) is 26.8. The SMILES string of the molecule is CC1(C)Oc2ccc3ccc(=S)oc3c2[C@@H](OC(=O)[C@]23CC[C@](C)(C(=O)O2)C3(C)C)[C@H]1OC(=O)[C@]12CC[C@](C)(C(=O)O1)C2(C)C. The number of esters is 4. The lowest BCUT2D eigenvalue weighted by Crippen LogP contribution is -2.57. The summed E-state index contributed by atoms with van der Waals surface area (Å²) in [5, 5.41) is 0.659. The van der Waals surface area contributed by atoms with Crippen molar-refractivity contribution in [3.05, 3.63) is 34.5 Å². The Morgan fingerprint density at radius 2 is 1.24 bits per heavy atom. The van der Waals surface area contributed by atoms with Crippen LogP contribution in [0.2, 0.25) is 0 Å². The zero-order chi connectivity index (χ0) is 32.8. The van der Waals surface area contributed by atoms with Gasteiger partial charge in [-0.25, -0.2) is 9.59 Å². The van der Waals surface area contributed by atoms with Gasteiger partial charge in [0.05, 0.1) is 16.4 Å². The smallest absolute Gasteiger partial charge is 0.351 e. The number of hydrogen-bond donors (Lipinski definition) is 0. The predicted octanol–water partition coefficient (Wildman–Crippen LogP) is 6.07. The maximum absolute atomic E-state index is 14.4. The molecule has 2 aromatic rings. The third kappa shape index (κ3) is 3.37. The van der Waals surface area contributed by atoms with Crippen molar-refractivity contribution in [1.29, 1.82) is 0 Å². The molecule has 7 rings (SSSR count). The molecule has 2 saturated heterocycles. The maximum atomic E-state index is 14.4. The van der Waals surface area contributed by atoms with Gasteiger partial charge in [0.2, 0.25) is 11.2 Å². The Morgan fingerprint density at radius 3 is 1.73 bits per heavy atom. The van der Waals surface area contributed by atoms with Gasteiger partial charge >= 0.3 is 23.9 Å². The van der Waals surface area contributed by atoms with E-state index in [4.69, 9.17) is 40.3 Å². The van der Waals surface area contributed by atoms with Gasteiger partial charge in [-0.05, 0) is 89.9 Å². The topological polar surface area (TPSA) is 128 Å². The van der Waals surface area contributed by atoms with Crippen molar-refractivity contribution in [3.8, 4) is 5.75 Å². The molecular formula is C34H38O10S. The number of hydrogen-bond acceptors (Lipinski definition) is 11. The lowest BCUT2D eigenvalue weighted by atomic mass is 9.66.